The topological polar surface area (TPSA) is 35.5 Å². The molecular formula is C16H14Br2O3. The van der Waals surface area contributed by atoms with Gasteiger partial charge in [-0.2, -0.15) is 0 Å². The molecule has 0 aliphatic heterocycles. The summed E-state index contributed by atoms with van der Waals surface area (Å²) in [5, 5.41) is 0. The quantitative estimate of drug-likeness (QED) is 0.669. The Hall–Kier alpha value is -1.33. The minimum atomic E-state index is 0.0345. The highest BCUT2D eigenvalue weighted by Gasteiger charge is 2.12. The summed E-state index contributed by atoms with van der Waals surface area (Å²) >= 11 is 6.85. The number of hydrogen-bond donors (Lipinski definition) is 0. The summed E-state index contributed by atoms with van der Waals surface area (Å²) in [6.07, 6.45) is 0.302. The summed E-state index contributed by atoms with van der Waals surface area (Å²) in [5.41, 5.74) is 1.53. The van der Waals surface area contributed by atoms with Crippen LogP contribution in [0.3, 0.4) is 0 Å². The Kier molecular flexibility index (Phi) is 5.42. The molecule has 0 heterocycles. The molecule has 0 saturated heterocycles. The number of hydrogen-bond acceptors (Lipinski definition) is 3. The third-order valence-corrected chi connectivity index (χ3v) is 4.47. The van der Waals surface area contributed by atoms with E-state index in [1.807, 2.05) is 18.2 Å². The third-order valence-electron chi connectivity index (χ3n) is 3.08. The van der Waals surface area contributed by atoms with E-state index in [1.54, 1.807) is 32.4 Å². The van der Waals surface area contributed by atoms with Crippen molar-refractivity contribution in [2.45, 2.75) is 6.42 Å². The molecule has 5 heteroatoms. The van der Waals surface area contributed by atoms with Crippen molar-refractivity contribution in [3.8, 4) is 11.5 Å². The fourth-order valence-electron chi connectivity index (χ4n) is 1.93. The van der Waals surface area contributed by atoms with Gasteiger partial charge in [0.05, 0.1) is 18.7 Å². The number of rotatable bonds is 5. The predicted molar refractivity (Wildman–Crippen MR) is 89.4 cm³/mol. The van der Waals surface area contributed by atoms with Gasteiger partial charge in [-0.15, -0.1) is 0 Å². The first-order chi connectivity index (χ1) is 10.0. The van der Waals surface area contributed by atoms with Gasteiger partial charge in [-0.3, -0.25) is 4.79 Å². The van der Waals surface area contributed by atoms with Gasteiger partial charge in [0.15, 0.2) is 5.78 Å². The maximum Gasteiger partial charge on any atom is 0.167 e. The van der Waals surface area contributed by atoms with Crippen LogP contribution in [0, 0.1) is 0 Å². The molecule has 3 nitrogen and oxygen atoms in total. The number of Topliss-reactive ketones (excluding diaryl/α,β-unsaturated/α-hetero) is 1. The Balaban J connectivity index is 2.23. The van der Waals surface area contributed by atoms with Crippen LogP contribution >= 0.6 is 31.9 Å². The van der Waals surface area contributed by atoms with Crippen LogP contribution in [0.25, 0.3) is 0 Å². The molecule has 0 fully saturated rings. The average molecular weight is 414 g/mol. The van der Waals surface area contributed by atoms with Crippen molar-refractivity contribution in [2.24, 2.45) is 0 Å². The zero-order valence-corrected chi connectivity index (χ0v) is 14.8. The maximum absolute atomic E-state index is 12.4. The molecule has 2 aromatic rings. The van der Waals surface area contributed by atoms with Crippen LogP contribution in [-0.2, 0) is 6.42 Å². The standard InChI is InChI=1S/C16H14Br2O3/c1-20-12-4-5-13(17)11(7-12)9-15(19)10-3-6-16(21-2)14(18)8-10/h3-8H,9H2,1-2H3. The predicted octanol–water partition coefficient (Wildman–Crippen LogP) is 4.65. The summed E-state index contributed by atoms with van der Waals surface area (Å²) in [5.74, 6) is 1.47. The lowest BCUT2D eigenvalue weighted by Gasteiger charge is -2.08. The number of carbonyl (C=O) groups excluding carboxylic acids is 1. The second kappa shape index (κ2) is 7.09. The normalized spacial score (nSPS) is 10.3. The zero-order chi connectivity index (χ0) is 15.4. The van der Waals surface area contributed by atoms with Gasteiger partial charge in [0.2, 0.25) is 0 Å². The number of ketones is 1. The lowest BCUT2D eigenvalue weighted by molar-refractivity contribution is 0.0992. The van der Waals surface area contributed by atoms with E-state index >= 15 is 0 Å². The molecular weight excluding hydrogens is 400 g/mol. The van der Waals surface area contributed by atoms with E-state index < -0.39 is 0 Å². The number of carbonyl (C=O) groups is 1. The maximum atomic E-state index is 12.4. The summed E-state index contributed by atoms with van der Waals surface area (Å²) in [6.45, 7) is 0. The summed E-state index contributed by atoms with van der Waals surface area (Å²) in [7, 11) is 3.20. The second-order valence-corrected chi connectivity index (χ2v) is 6.12. The molecule has 0 aliphatic rings. The Bertz CT molecular complexity index is 669. The van der Waals surface area contributed by atoms with Crippen LogP contribution in [0.4, 0.5) is 0 Å². The molecule has 0 aromatic heterocycles. The fraction of sp³-hybridized carbons (Fsp3) is 0.188. The van der Waals surface area contributed by atoms with Gasteiger partial charge < -0.3 is 9.47 Å². The first-order valence-corrected chi connectivity index (χ1v) is 7.83. The highest BCUT2D eigenvalue weighted by molar-refractivity contribution is 9.10. The smallest absolute Gasteiger partial charge is 0.167 e. The van der Waals surface area contributed by atoms with Gasteiger partial charge in [0.1, 0.15) is 11.5 Å². The van der Waals surface area contributed by atoms with Crippen molar-refractivity contribution in [2.75, 3.05) is 14.2 Å². The molecule has 110 valence electrons. The highest BCUT2D eigenvalue weighted by Crippen LogP contribution is 2.27. The van der Waals surface area contributed by atoms with E-state index in [1.165, 1.54) is 0 Å². The molecule has 0 aliphatic carbocycles. The number of benzene rings is 2. The third kappa shape index (κ3) is 3.86. The number of ether oxygens (including phenoxy) is 2. The van der Waals surface area contributed by atoms with Crippen LogP contribution in [-0.4, -0.2) is 20.0 Å². The van der Waals surface area contributed by atoms with Gasteiger partial charge >= 0.3 is 0 Å². The molecule has 0 saturated carbocycles. The van der Waals surface area contributed by atoms with E-state index in [4.69, 9.17) is 9.47 Å². The molecule has 2 aromatic carbocycles. The van der Waals surface area contributed by atoms with Crippen molar-refractivity contribution in [1.82, 2.24) is 0 Å². The largest absolute Gasteiger partial charge is 0.497 e. The second-order valence-electron chi connectivity index (χ2n) is 4.41. The first-order valence-electron chi connectivity index (χ1n) is 6.24. The minimum Gasteiger partial charge on any atom is -0.497 e. The minimum absolute atomic E-state index is 0.0345. The fourth-order valence-corrected chi connectivity index (χ4v) is 2.86. The van der Waals surface area contributed by atoms with Crippen LogP contribution in [0.1, 0.15) is 15.9 Å². The van der Waals surface area contributed by atoms with Gasteiger partial charge in [-0.05, 0) is 57.9 Å². The lowest BCUT2D eigenvalue weighted by Crippen LogP contribution is -2.04. The van der Waals surface area contributed by atoms with Crippen molar-refractivity contribution in [3.63, 3.8) is 0 Å². The summed E-state index contributed by atoms with van der Waals surface area (Å²) in [6, 6.07) is 10.9. The van der Waals surface area contributed by atoms with Crippen molar-refractivity contribution >= 4 is 37.6 Å². The van der Waals surface area contributed by atoms with Crippen LogP contribution in [0.15, 0.2) is 45.3 Å². The Labute approximate surface area is 140 Å². The van der Waals surface area contributed by atoms with Crippen molar-refractivity contribution in [3.05, 3.63) is 56.5 Å². The van der Waals surface area contributed by atoms with E-state index in [-0.39, 0.29) is 5.78 Å². The molecule has 0 bridgehead atoms. The molecule has 0 atom stereocenters. The molecule has 0 radical (unpaired) electrons. The number of halogens is 2. The Morgan fingerprint density at radius 3 is 2.38 bits per heavy atom. The van der Waals surface area contributed by atoms with Crippen molar-refractivity contribution < 1.29 is 14.3 Å². The zero-order valence-electron chi connectivity index (χ0n) is 11.7. The Morgan fingerprint density at radius 2 is 1.76 bits per heavy atom. The van der Waals surface area contributed by atoms with Crippen LogP contribution < -0.4 is 9.47 Å². The van der Waals surface area contributed by atoms with Gasteiger partial charge in [-0.25, -0.2) is 0 Å². The van der Waals surface area contributed by atoms with Crippen molar-refractivity contribution in [1.29, 1.82) is 0 Å². The van der Waals surface area contributed by atoms with Gasteiger partial charge in [-0.1, -0.05) is 15.9 Å². The molecule has 21 heavy (non-hydrogen) atoms. The molecule has 0 spiro atoms. The average Bonchev–Trinajstić information content (AvgIpc) is 2.49. The monoisotopic (exact) mass is 412 g/mol. The van der Waals surface area contributed by atoms with Crippen LogP contribution in [0.5, 0.6) is 11.5 Å². The lowest BCUT2D eigenvalue weighted by atomic mass is 10.0. The number of methoxy groups -OCH3 is 2. The highest BCUT2D eigenvalue weighted by atomic mass is 79.9. The van der Waals surface area contributed by atoms with E-state index in [0.29, 0.717) is 17.7 Å². The Morgan fingerprint density at radius 1 is 1.00 bits per heavy atom. The molecule has 0 N–H and O–H groups in total. The first kappa shape index (κ1) is 16.0. The molecule has 0 unspecified atom stereocenters. The van der Waals surface area contributed by atoms with Gasteiger partial charge in [0.25, 0.3) is 0 Å². The molecule has 2 rings (SSSR count). The summed E-state index contributed by atoms with van der Waals surface area (Å²) < 4.78 is 12.0. The summed E-state index contributed by atoms with van der Waals surface area (Å²) in [4.78, 5) is 12.4. The van der Waals surface area contributed by atoms with E-state index in [0.717, 1.165) is 20.3 Å². The van der Waals surface area contributed by atoms with Gasteiger partial charge in [0, 0.05) is 16.5 Å². The van der Waals surface area contributed by atoms with E-state index in [2.05, 4.69) is 31.9 Å². The van der Waals surface area contributed by atoms with Crippen LogP contribution in [0.2, 0.25) is 0 Å². The van der Waals surface area contributed by atoms with E-state index in [9.17, 15) is 4.79 Å². The SMILES string of the molecule is COc1ccc(Br)c(CC(=O)c2ccc(OC)c(Br)c2)c1. The molecule has 0 amide bonds.